The van der Waals surface area contributed by atoms with E-state index in [4.69, 9.17) is 0 Å². The van der Waals surface area contributed by atoms with E-state index in [1.54, 1.807) is 12.1 Å². The van der Waals surface area contributed by atoms with Gasteiger partial charge in [0.1, 0.15) is 0 Å². The van der Waals surface area contributed by atoms with E-state index in [1.165, 1.54) is 24.3 Å². The van der Waals surface area contributed by atoms with Crippen LogP contribution in [0.25, 0.3) is 33.5 Å². The molecule has 174 valence electrons. The predicted molar refractivity (Wildman–Crippen MR) is 125 cm³/mol. The van der Waals surface area contributed by atoms with Gasteiger partial charge in [-0.3, -0.25) is 9.54 Å². The predicted octanol–water partition coefficient (Wildman–Crippen LogP) is 6.91. The molecule has 1 heterocycles. The molecule has 4 nitrogen and oxygen atoms in total. The number of nitrogens with zero attached hydrogens (tertiary/aromatic N) is 1. The van der Waals surface area contributed by atoms with Gasteiger partial charge in [-0.2, -0.15) is 21.6 Å². The van der Waals surface area contributed by atoms with Crippen molar-refractivity contribution in [3.63, 3.8) is 0 Å². The zero-order valence-corrected chi connectivity index (χ0v) is 18.9. The van der Waals surface area contributed by atoms with Crippen LogP contribution in [0.15, 0.2) is 89.8 Å². The summed E-state index contributed by atoms with van der Waals surface area (Å²) in [6.07, 6.45) is -3.76. The maximum Gasteiger partial charge on any atom is 0.416 e. The second-order valence-corrected chi connectivity index (χ2v) is 9.17. The van der Waals surface area contributed by atoms with Crippen molar-refractivity contribution >= 4 is 10.1 Å². The molecular weight excluding hydrogens is 463 g/mol. The number of pyridine rings is 1. The summed E-state index contributed by atoms with van der Waals surface area (Å²) in [5.74, 6) is 0. The van der Waals surface area contributed by atoms with E-state index in [9.17, 15) is 26.1 Å². The first-order valence-corrected chi connectivity index (χ1v) is 11.9. The molecule has 4 aromatic rings. The summed E-state index contributed by atoms with van der Waals surface area (Å²) in [5.41, 5.74) is 4.19. The van der Waals surface area contributed by atoms with Gasteiger partial charge in [-0.1, -0.05) is 49.4 Å². The number of halogens is 3. The molecule has 0 unspecified atom stereocenters. The van der Waals surface area contributed by atoms with Crippen molar-refractivity contribution in [2.24, 2.45) is 0 Å². The van der Waals surface area contributed by atoms with Crippen LogP contribution in [0, 0.1) is 0 Å². The number of hydrogen-bond acceptors (Lipinski definition) is 3. The third-order valence-electron chi connectivity index (χ3n) is 5.41. The molecular formula is C26H20F3NO3S. The van der Waals surface area contributed by atoms with Crippen LogP contribution in [-0.4, -0.2) is 18.0 Å². The second-order valence-electron chi connectivity index (χ2n) is 7.74. The molecule has 0 fully saturated rings. The number of aromatic nitrogens is 1. The molecule has 0 saturated carbocycles. The van der Waals surface area contributed by atoms with Crippen molar-refractivity contribution in [2.75, 3.05) is 0 Å². The Hall–Kier alpha value is -3.49. The van der Waals surface area contributed by atoms with Crippen LogP contribution < -0.4 is 0 Å². The SMILES string of the molecule is CCc1cc(-c2ccc(C(F)(F)F)cc2)cc(-c2cccc(-c3cccc(S(=O)(=O)O)c3)c2)n1. The Bertz CT molecular complexity index is 1450. The van der Waals surface area contributed by atoms with Gasteiger partial charge in [0, 0.05) is 11.3 Å². The van der Waals surface area contributed by atoms with Gasteiger partial charge in [0.2, 0.25) is 0 Å². The maximum atomic E-state index is 12.9. The quantitative estimate of drug-likeness (QED) is 0.313. The molecule has 0 aliphatic heterocycles. The van der Waals surface area contributed by atoms with E-state index in [2.05, 4.69) is 4.98 Å². The molecule has 0 aliphatic carbocycles. The van der Waals surface area contributed by atoms with Gasteiger partial charge in [0.15, 0.2) is 0 Å². The molecule has 0 aliphatic rings. The van der Waals surface area contributed by atoms with Crippen LogP contribution in [0.4, 0.5) is 13.2 Å². The van der Waals surface area contributed by atoms with Crippen molar-refractivity contribution in [3.8, 4) is 33.5 Å². The molecule has 0 saturated heterocycles. The number of rotatable bonds is 5. The summed E-state index contributed by atoms with van der Waals surface area (Å²) < 4.78 is 71.2. The first-order chi connectivity index (χ1) is 16.0. The van der Waals surface area contributed by atoms with Gasteiger partial charge in [0.25, 0.3) is 10.1 Å². The van der Waals surface area contributed by atoms with Crippen LogP contribution >= 0.6 is 0 Å². The van der Waals surface area contributed by atoms with Crippen LogP contribution in [0.1, 0.15) is 18.2 Å². The van der Waals surface area contributed by atoms with Crippen molar-refractivity contribution in [2.45, 2.75) is 24.4 Å². The lowest BCUT2D eigenvalue weighted by atomic mass is 9.98. The lowest BCUT2D eigenvalue weighted by molar-refractivity contribution is -0.137. The highest BCUT2D eigenvalue weighted by Crippen LogP contribution is 2.33. The second kappa shape index (κ2) is 9.04. The van der Waals surface area contributed by atoms with Crippen LogP contribution in [0.3, 0.4) is 0 Å². The Morgan fingerprint density at radius 1 is 0.765 bits per heavy atom. The van der Waals surface area contributed by atoms with Crippen LogP contribution in [-0.2, 0) is 22.7 Å². The first-order valence-electron chi connectivity index (χ1n) is 10.4. The highest BCUT2D eigenvalue weighted by molar-refractivity contribution is 7.85. The minimum atomic E-state index is -4.40. The summed E-state index contributed by atoms with van der Waals surface area (Å²) in [4.78, 5) is 4.48. The number of aryl methyl sites for hydroxylation is 1. The van der Waals surface area contributed by atoms with Crippen molar-refractivity contribution in [1.82, 2.24) is 4.98 Å². The topological polar surface area (TPSA) is 67.3 Å². The lowest BCUT2D eigenvalue weighted by Gasteiger charge is -2.12. The van der Waals surface area contributed by atoms with E-state index in [0.29, 0.717) is 23.2 Å². The maximum absolute atomic E-state index is 12.9. The summed E-state index contributed by atoms with van der Waals surface area (Å²) in [6.45, 7) is 1.94. The molecule has 8 heteroatoms. The Kier molecular flexibility index (Phi) is 6.29. The van der Waals surface area contributed by atoms with Gasteiger partial charge in [-0.15, -0.1) is 0 Å². The van der Waals surface area contributed by atoms with Crippen LogP contribution in [0.2, 0.25) is 0 Å². The summed E-state index contributed by atoms with van der Waals surface area (Å²) >= 11 is 0. The Morgan fingerprint density at radius 2 is 1.38 bits per heavy atom. The molecule has 1 aromatic heterocycles. The molecule has 3 aromatic carbocycles. The fraction of sp³-hybridized carbons (Fsp3) is 0.115. The third-order valence-corrected chi connectivity index (χ3v) is 6.26. The Morgan fingerprint density at radius 3 is 2.00 bits per heavy atom. The van der Waals surface area contributed by atoms with E-state index < -0.39 is 21.9 Å². The highest BCUT2D eigenvalue weighted by Gasteiger charge is 2.30. The smallest absolute Gasteiger partial charge is 0.282 e. The van der Waals surface area contributed by atoms with Crippen LogP contribution in [0.5, 0.6) is 0 Å². The minimum Gasteiger partial charge on any atom is -0.282 e. The lowest BCUT2D eigenvalue weighted by Crippen LogP contribution is -2.04. The monoisotopic (exact) mass is 483 g/mol. The van der Waals surface area contributed by atoms with Crippen molar-refractivity contribution in [1.29, 1.82) is 0 Å². The molecule has 0 spiro atoms. The minimum absolute atomic E-state index is 0.203. The Labute approximate surface area is 195 Å². The fourth-order valence-electron chi connectivity index (χ4n) is 3.63. The first kappa shape index (κ1) is 23.7. The van der Waals surface area contributed by atoms with Crippen molar-refractivity contribution < 1.29 is 26.1 Å². The molecule has 0 bridgehead atoms. The molecule has 1 N–H and O–H groups in total. The fourth-order valence-corrected chi connectivity index (χ4v) is 4.16. The Balaban J connectivity index is 1.76. The zero-order chi connectivity index (χ0) is 24.5. The van der Waals surface area contributed by atoms with Gasteiger partial charge in [0.05, 0.1) is 16.2 Å². The van der Waals surface area contributed by atoms with E-state index >= 15 is 0 Å². The number of benzene rings is 3. The van der Waals surface area contributed by atoms with E-state index in [-0.39, 0.29) is 4.90 Å². The highest BCUT2D eigenvalue weighted by atomic mass is 32.2. The average Bonchev–Trinajstić information content (AvgIpc) is 2.83. The summed E-state index contributed by atoms with van der Waals surface area (Å²) in [7, 11) is -4.34. The summed E-state index contributed by atoms with van der Waals surface area (Å²) in [6, 6.07) is 22.0. The molecule has 0 atom stereocenters. The number of alkyl halides is 3. The van der Waals surface area contributed by atoms with Gasteiger partial charge in [-0.25, -0.2) is 0 Å². The molecule has 0 amide bonds. The zero-order valence-electron chi connectivity index (χ0n) is 18.0. The van der Waals surface area contributed by atoms with Crippen molar-refractivity contribution in [3.05, 3.63) is 96.2 Å². The largest absolute Gasteiger partial charge is 0.416 e. The molecule has 34 heavy (non-hydrogen) atoms. The average molecular weight is 484 g/mol. The van der Waals surface area contributed by atoms with Gasteiger partial charge < -0.3 is 0 Å². The normalized spacial score (nSPS) is 12.0. The van der Waals surface area contributed by atoms with Gasteiger partial charge in [-0.05, 0) is 71.1 Å². The summed E-state index contributed by atoms with van der Waals surface area (Å²) in [5, 5.41) is 0. The molecule has 4 rings (SSSR count). The van der Waals surface area contributed by atoms with E-state index in [0.717, 1.165) is 34.5 Å². The number of hydrogen-bond donors (Lipinski definition) is 1. The molecule has 0 radical (unpaired) electrons. The third kappa shape index (κ3) is 5.18. The van der Waals surface area contributed by atoms with E-state index in [1.807, 2.05) is 43.3 Å². The standard InChI is InChI=1S/C26H20F3NO3S/c1-2-23-14-21(17-9-11-22(12-10-17)26(27,28)29)16-25(30-23)20-7-3-5-18(13-20)19-6-4-8-24(15-19)34(31,32)33/h3-16H,2H2,1H3,(H,31,32,33). The van der Waals surface area contributed by atoms with Gasteiger partial charge >= 0.3 is 6.18 Å².